The van der Waals surface area contributed by atoms with Crippen LogP contribution in [0.2, 0.25) is 0 Å². The molecule has 0 unspecified atom stereocenters. The van der Waals surface area contributed by atoms with E-state index in [9.17, 15) is 9.59 Å². The van der Waals surface area contributed by atoms with E-state index in [1.54, 1.807) is 45.0 Å². The lowest BCUT2D eigenvalue weighted by molar-refractivity contribution is 0.0630. The van der Waals surface area contributed by atoms with Gasteiger partial charge >= 0.3 is 12.1 Å². The average molecular weight is 304 g/mol. The van der Waals surface area contributed by atoms with Gasteiger partial charge in [0.25, 0.3) is 0 Å². The van der Waals surface area contributed by atoms with Crippen LogP contribution in [0, 0.1) is 0 Å². The van der Waals surface area contributed by atoms with Crippen molar-refractivity contribution >= 4 is 17.7 Å². The molecule has 0 saturated carbocycles. The molecule has 1 aromatic heterocycles. The zero-order chi connectivity index (χ0) is 16.3. The van der Waals surface area contributed by atoms with Crippen molar-refractivity contribution in [2.75, 3.05) is 5.32 Å². The first-order valence-electron chi connectivity index (χ1n) is 6.55. The first kappa shape index (κ1) is 15.6. The van der Waals surface area contributed by atoms with Crippen molar-refractivity contribution in [3.63, 3.8) is 0 Å². The second-order valence-corrected chi connectivity index (χ2v) is 5.59. The molecule has 0 spiro atoms. The number of ether oxygens (including phenoxy) is 1. The molecular weight excluding hydrogens is 288 g/mol. The Hall–Kier alpha value is -2.83. The quantitative estimate of drug-likeness (QED) is 0.901. The topological polar surface area (TPSA) is 102 Å². The number of aromatic carboxylic acids is 1. The number of amides is 1. The van der Waals surface area contributed by atoms with Gasteiger partial charge in [-0.3, -0.25) is 5.32 Å². The molecule has 1 amide bonds. The fourth-order valence-electron chi connectivity index (χ4n) is 1.69. The van der Waals surface area contributed by atoms with Crippen LogP contribution >= 0.6 is 0 Å². The highest BCUT2D eigenvalue weighted by molar-refractivity contribution is 5.87. The smallest absolute Gasteiger partial charge is 0.412 e. The summed E-state index contributed by atoms with van der Waals surface area (Å²) in [6, 6.07) is 8.08. The van der Waals surface area contributed by atoms with Crippen molar-refractivity contribution < 1.29 is 24.0 Å². The molecular formula is C15H16N2O5. The number of hydrogen-bond acceptors (Lipinski definition) is 5. The number of rotatable bonds is 3. The number of hydrogen-bond donors (Lipinski definition) is 2. The van der Waals surface area contributed by atoms with Gasteiger partial charge in [-0.2, -0.15) is 0 Å². The maximum atomic E-state index is 11.7. The molecule has 0 fully saturated rings. The van der Waals surface area contributed by atoms with E-state index in [1.165, 1.54) is 6.07 Å². The van der Waals surface area contributed by atoms with Crippen LogP contribution in [0.4, 0.5) is 10.5 Å². The molecule has 2 aromatic rings. The standard InChI is InChI=1S/C15H16N2O5/c1-15(2,3)21-14(20)16-10-6-4-5-9(7-10)11-8-12(13(18)19)22-17-11/h4-8H,1-3H3,(H,16,20)(H,18,19). The Morgan fingerprint density at radius 3 is 2.59 bits per heavy atom. The predicted molar refractivity (Wildman–Crippen MR) is 78.8 cm³/mol. The maximum Gasteiger partial charge on any atom is 0.412 e. The number of nitrogens with one attached hydrogen (secondary N) is 1. The van der Waals surface area contributed by atoms with E-state index in [2.05, 4.69) is 10.5 Å². The van der Waals surface area contributed by atoms with E-state index in [4.69, 9.17) is 14.4 Å². The molecule has 0 bridgehead atoms. The molecule has 7 nitrogen and oxygen atoms in total. The number of carbonyl (C=O) groups is 2. The highest BCUT2D eigenvalue weighted by atomic mass is 16.6. The molecule has 2 rings (SSSR count). The summed E-state index contributed by atoms with van der Waals surface area (Å²) in [6.45, 7) is 5.31. The Balaban J connectivity index is 2.16. The summed E-state index contributed by atoms with van der Waals surface area (Å²) in [5.74, 6) is -1.44. The van der Waals surface area contributed by atoms with Crippen LogP contribution in [0.15, 0.2) is 34.9 Å². The number of anilines is 1. The molecule has 2 N–H and O–H groups in total. The van der Waals surface area contributed by atoms with Crippen LogP contribution in [-0.2, 0) is 4.74 Å². The highest BCUT2D eigenvalue weighted by Crippen LogP contribution is 2.23. The molecule has 116 valence electrons. The predicted octanol–water partition coefficient (Wildman–Crippen LogP) is 3.39. The van der Waals surface area contributed by atoms with Crippen molar-refractivity contribution in [1.82, 2.24) is 5.16 Å². The monoisotopic (exact) mass is 304 g/mol. The molecule has 0 aliphatic rings. The van der Waals surface area contributed by atoms with E-state index in [1.807, 2.05) is 0 Å². The molecule has 7 heteroatoms. The Kier molecular flexibility index (Phi) is 4.16. The maximum absolute atomic E-state index is 11.7. The third kappa shape index (κ3) is 4.08. The molecule has 1 heterocycles. The van der Waals surface area contributed by atoms with Gasteiger partial charge in [0.05, 0.1) is 0 Å². The molecule has 0 aliphatic heterocycles. The molecule has 0 aliphatic carbocycles. The molecule has 0 saturated heterocycles. The first-order valence-corrected chi connectivity index (χ1v) is 6.55. The van der Waals surface area contributed by atoms with Gasteiger partial charge in [0.1, 0.15) is 11.3 Å². The van der Waals surface area contributed by atoms with Crippen molar-refractivity contribution in [2.24, 2.45) is 0 Å². The summed E-state index contributed by atoms with van der Waals surface area (Å²) in [6.07, 6.45) is -0.573. The number of carboxylic acid groups (broad SMARTS) is 1. The third-order valence-corrected chi connectivity index (χ3v) is 2.52. The van der Waals surface area contributed by atoms with Gasteiger partial charge in [0, 0.05) is 17.3 Å². The Morgan fingerprint density at radius 1 is 1.27 bits per heavy atom. The van der Waals surface area contributed by atoms with Gasteiger partial charge in [-0.15, -0.1) is 0 Å². The minimum Gasteiger partial charge on any atom is -0.475 e. The Bertz CT molecular complexity index is 700. The second-order valence-electron chi connectivity index (χ2n) is 5.59. The summed E-state index contributed by atoms with van der Waals surface area (Å²) < 4.78 is 9.87. The van der Waals surface area contributed by atoms with E-state index in [0.717, 1.165) is 0 Å². The number of carboxylic acids is 1. The van der Waals surface area contributed by atoms with Crippen molar-refractivity contribution in [2.45, 2.75) is 26.4 Å². The third-order valence-electron chi connectivity index (χ3n) is 2.52. The van der Waals surface area contributed by atoms with Crippen LogP contribution in [-0.4, -0.2) is 27.9 Å². The fraction of sp³-hybridized carbons (Fsp3) is 0.267. The first-order chi connectivity index (χ1) is 10.2. The lowest BCUT2D eigenvalue weighted by Crippen LogP contribution is -2.27. The molecule has 0 radical (unpaired) electrons. The number of aromatic nitrogens is 1. The van der Waals surface area contributed by atoms with Crippen LogP contribution in [0.1, 0.15) is 31.3 Å². The van der Waals surface area contributed by atoms with Crippen LogP contribution in [0.5, 0.6) is 0 Å². The van der Waals surface area contributed by atoms with Gasteiger partial charge < -0.3 is 14.4 Å². The second kappa shape index (κ2) is 5.88. The minimum absolute atomic E-state index is 0.250. The lowest BCUT2D eigenvalue weighted by atomic mass is 10.1. The van der Waals surface area contributed by atoms with Crippen molar-refractivity contribution in [1.29, 1.82) is 0 Å². The van der Waals surface area contributed by atoms with Crippen LogP contribution in [0.3, 0.4) is 0 Å². The van der Waals surface area contributed by atoms with Gasteiger partial charge in [-0.25, -0.2) is 9.59 Å². The summed E-state index contributed by atoms with van der Waals surface area (Å²) >= 11 is 0. The lowest BCUT2D eigenvalue weighted by Gasteiger charge is -2.19. The number of benzene rings is 1. The summed E-state index contributed by atoms with van der Waals surface area (Å²) in [7, 11) is 0. The minimum atomic E-state index is -1.19. The normalized spacial score (nSPS) is 11.0. The van der Waals surface area contributed by atoms with E-state index in [0.29, 0.717) is 16.9 Å². The SMILES string of the molecule is CC(C)(C)OC(=O)Nc1cccc(-c2cc(C(=O)O)on2)c1. The van der Waals surface area contributed by atoms with E-state index >= 15 is 0 Å². The summed E-state index contributed by atoms with van der Waals surface area (Å²) in [4.78, 5) is 22.5. The van der Waals surface area contributed by atoms with Gasteiger partial charge in [0.15, 0.2) is 0 Å². The largest absolute Gasteiger partial charge is 0.475 e. The Labute approximate surface area is 126 Å². The number of carbonyl (C=O) groups excluding carboxylic acids is 1. The van der Waals surface area contributed by atoms with Gasteiger partial charge in [0.2, 0.25) is 5.76 Å². The zero-order valence-corrected chi connectivity index (χ0v) is 12.4. The molecule has 0 atom stereocenters. The van der Waals surface area contributed by atoms with Crippen LogP contribution < -0.4 is 5.32 Å². The van der Waals surface area contributed by atoms with Gasteiger partial charge in [-0.05, 0) is 32.9 Å². The number of nitrogens with zero attached hydrogens (tertiary/aromatic N) is 1. The fourth-order valence-corrected chi connectivity index (χ4v) is 1.69. The summed E-state index contributed by atoms with van der Waals surface area (Å²) in [5.41, 5.74) is 0.895. The van der Waals surface area contributed by atoms with E-state index in [-0.39, 0.29) is 5.76 Å². The van der Waals surface area contributed by atoms with Crippen molar-refractivity contribution in [3.05, 3.63) is 36.1 Å². The average Bonchev–Trinajstić information content (AvgIpc) is 2.86. The summed E-state index contributed by atoms with van der Waals surface area (Å²) in [5, 5.41) is 15.1. The Morgan fingerprint density at radius 2 is 2.00 bits per heavy atom. The molecule has 1 aromatic carbocycles. The van der Waals surface area contributed by atoms with Gasteiger partial charge in [-0.1, -0.05) is 17.3 Å². The van der Waals surface area contributed by atoms with Crippen molar-refractivity contribution in [3.8, 4) is 11.3 Å². The molecule has 22 heavy (non-hydrogen) atoms. The zero-order valence-electron chi connectivity index (χ0n) is 12.4. The van der Waals surface area contributed by atoms with Crippen LogP contribution in [0.25, 0.3) is 11.3 Å². The van der Waals surface area contributed by atoms with E-state index < -0.39 is 17.7 Å². The highest BCUT2D eigenvalue weighted by Gasteiger charge is 2.17.